The predicted molar refractivity (Wildman–Crippen MR) is 54.6 cm³/mol. The molecule has 1 aromatic rings. The minimum absolute atomic E-state index is 0.161. The van der Waals surface area contributed by atoms with Crippen molar-refractivity contribution in [2.45, 2.75) is 13.3 Å². The first-order chi connectivity index (χ1) is 7.45. The molecule has 0 aromatic heterocycles. The summed E-state index contributed by atoms with van der Waals surface area (Å²) in [6.45, 7) is 1.53. The third-order valence-corrected chi connectivity index (χ3v) is 2.13. The van der Waals surface area contributed by atoms with E-state index in [1.165, 1.54) is 13.0 Å². The highest BCUT2D eigenvalue weighted by Gasteiger charge is 2.15. The Bertz CT molecular complexity index is 467. The molecule has 0 radical (unpaired) electrons. The van der Waals surface area contributed by atoms with Gasteiger partial charge in [0, 0.05) is 17.7 Å². The average molecular weight is 223 g/mol. The number of non-ortho nitro benzene ring substituents is 1. The summed E-state index contributed by atoms with van der Waals surface area (Å²) in [7, 11) is 0. The van der Waals surface area contributed by atoms with Gasteiger partial charge in [-0.1, -0.05) is 0 Å². The number of carboxylic acids is 1. The Balaban J connectivity index is 3.35. The zero-order valence-electron chi connectivity index (χ0n) is 8.47. The fourth-order valence-corrected chi connectivity index (χ4v) is 1.43. The Morgan fingerprint density at radius 1 is 1.56 bits per heavy atom. The number of carbonyl (C=O) groups is 2. The average Bonchev–Trinajstić information content (AvgIpc) is 2.16. The zero-order chi connectivity index (χ0) is 12.3. The lowest BCUT2D eigenvalue weighted by Gasteiger charge is -2.05. The van der Waals surface area contributed by atoms with Crippen LogP contribution in [0.3, 0.4) is 0 Å². The number of rotatable bonds is 4. The molecule has 0 aliphatic rings. The van der Waals surface area contributed by atoms with Crippen LogP contribution in [0.4, 0.5) is 5.69 Å². The number of hydrogen-bond donors (Lipinski definition) is 1. The molecule has 84 valence electrons. The summed E-state index contributed by atoms with van der Waals surface area (Å²) in [6, 6.07) is 2.36. The van der Waals surface area contributed by atoms with Gasteiger partial charge in [-0.05, 0) is 18.1 Å². The number of aliphatic carboxylic acids is 1. The maximum atomic E-state index is 10.7. The molecule has 0 unspecified atom stereocenters. The van der Waals surface area contributed by atoms with E-state index >= 15 is 0 Å². The molecule has 0 fully saturated rings. The van der Waals surface area contributed by atoms with Crippen LogP contribution in [-0.4, -0.2) is 22.3 Å². The second-order valence-electron chi connectivity index (χ2n) is 3.28. The number of carboxylic acid groups (broad SMARTS) is 1. The molecule has 0 amide bonds. The minimum atomic E-state index is -1.14. The Morgan fingerprint density at radius 3 is 2.62 bits per heavy atom. The first-order valence-electron chi connectivity index (χ1n) is 4.40. The summed E-state index contributed by atoms with van der Waals surface area (Å²) in [5, 5.41) is 19.2. The van der Waals surface area contributed by atoms with Crippen LogP contribution < -0.4 is 0 Å². The topological polar surface area (TPSA) is 97.5 Å². The molecule has 6 heteroatoms. The van der Waals surface area contributed by atoms with E-state index < -0.39 is 17.3 Å². The summed E-state index contributed by atoms with van der Waals surface area (Å²) >= 11 is 0. The van der Waals surface area contributed by atoms with Gasteiger partial charge >= 0.3 is 5.97 Å². The molecule has 16 heavy (non-hydrogen) atoms. The van der Waals surface area contributed by atoms with E-state index in [9.17, 15) is 19.7 Å². The van der Waals surface area contributed by atoms with Gasteiger partial charge in [0.1, 0.15) is 0 Å². The lowest BCUT2D eigenvalue weighted by Crippen LogP contribution is -2.06. The van der Waals surface area contributed by atoms with Gasteiger partial charge < -0.3 is 5.11 Å². The van der Waals surface area contributed by atoms with Crippen LogP contribution in [0.25, 0.3) is 0 Å². The first-order valence-corrected chi connectivity index (χ1v) is 4.40. The Kier molecular flexibility index (Phi) is 3.34. The van der Waals surface area contributed by atoms with Crippen molar-refractivity contribution in [3.63, 3.8) is 0 Å². The Morgan fingerprint density at radius 2 is 2.19 bits per heavy atom. The molecular weight excluding hydrogens is 214 g/mol. The first kappa shape index (κ1) is 11.8. The maximum absolute atomic E-state index is 10.7. The molecule has 0 saturated heterocycles. The van der Waals surface area contributed by atoms with Crippen molar-refractivity contribution in [3.05, 3.63) is 38.9 Å². The van der Waals surface area contributed by atoms with Crippen molar-refractivity contribution in [3.8, 4) is 0 Å². The van der Waals surface area contributed by atoms with Crippen LogP contribution in [0, 0.1) is 17.0 Å². The van der Waals surface area contributed by atoms with Gasteiger partial charge in [-0.25, -0.2) is 0 Å². The number of carbonyl (C=O) groups excluding carboxylic acids is 1. The fourth-order valence-electron chi connectivity index (χ4n) is 1.43. The summed E-state index contributed by atoms with van der Waals surface area (Å²) in [5.74, 6) is -1.14. The highest BCUT2D eigenvalue weighted by molar-refractivity contribution is 5.83. The van der Waals surface area contributed by atoms with E-state index in [1.807, 2.05) is 0 Å². The van der Waals surface area contributed by atoms with Gasteiger partial charge in [0.2, 0.25) is 0 Å². The van der Waals surface area contributed by atoms with Gasteiger partial charge in [0.05, 0.1) is 11.3 Å². The smallest absolute Gasteiger partial charge is 0.307 e. The molecule has 0 aliphatic carbocycles. The molecule has 0 bridgehead atoms. The number of aryl methyl sites for hydroxylation is 1. The molecule has 0 atom stereocenters. The summed E-state index contributed by atoms with van der Waals surface area (Å²) < 4.78 is 0. The van der Waals surface area contributed by atoms with Crippen molar-refractivity contribution in [1.82, 2.24) is 0 Å². The summed E-state index contributed by atoms with van der Waals surface area (Å²) in [5.41, 5.74) is 0.557. The molecule has 0 spiro atoms. The van der Waals surface area contributed by atoms with E-state index in [0.717, 1.165) is 6.07 Å². The molecule has 1 N–H and O–H groups in total. The molecule has 0 aliphatic heterocycles. The van der Waals surface area contributed by atoms with Crippen molar-refractivity contribution >= 4 is 17.9 Å². The molecule has 1 aromatic carbocycles. The van der Waals surface area contributed by atoms with Crippen LogP contribution >= 0.6 is 0 Å². The number of aldehydes is 1. The van der Waals surface area contributed by atoms with Crippen LogP contribution in [0.1, 0.15) is 21.5 Å². The Labute approximate surface area is 90.7 Å². The van der Waals surface area contributed by atoms with Crippen molar-refractivity contribution in [2.75, 3.05) is 0 Å². The maximum Gasteiger partial charge on any atom is 0.307 e. The molecule has 0 heterocycles. The van der Waals surface area contributed by atoms with Crippen molar-refractivity contribution in [1.29, 1.82) is 0 Å². The predicted octanol–water partition coefficient (Wildman–Crippen LogP) is 1.34. The molecule has 6 nitrogen and oxygen atoms in total. The number of hydrogen-bond acceptors (Lipinski definition) is 4. The lowest BCUT2D eigenvalue weighted by atomic mass is 9.99. The zero-order valence-corrected chi connectivity index (χ0v) is 8.47. The van der Waals surface area contributed by atoms with E-state index in [4.69, 9.17) is 5.11 Å². The Hall–Kier alpha value is -2.24. The fraction of sp³-hybridized carbons (Fsp3) is 0.200. The van der Waals surface area contributed by atoms with Crippen molar-refractivity contribution in [2.24, 2.45) is 0 Å². The van der Waals surface area contributed by atoms with E-state index in [-0.39, 0.29) is 16.8 Å². The highest BCUT2D eigenvalue weighted by atomic mass is 16.6. The van der Waals surface area contributed by atoms with Gasteiger partial charge in [-0.15, -0.1) is 0 Å². The second-order valence-corrected chi connectivity index (χ2v) is 3.28. The largest absolute Gasteiger partial charge is 0.481 e. The van der Waals surface area contributed by atoms with Gasteiger partial charge in [0.15, 0.2) is 6.29 Å². The third kappa shape index (κ3) is 2.41. The molecule has 0 saturated carbocycles. The number of nitro groups is 1. The van der Waals surface area contributed by atoms with Crippen LogP contribution in [0.15, 0.2) is 12.1 Å². The summed E-state index contributed by atoms with van der Waals surface area (Å²) in [4.78, 5) is 31.2. The van der Waals surface area contributed by atoms with Crippen LogP contribution in [-0.2, 0) is 11.2 Å². The quantitative estimate of drug-likeness (QED) is 0.472. The van der Waals surface area contributed by atoms with Crippen LogP contribution in [0.2, 0.25) is 0 Å². The third-order valence-electron chi connectivity index (χ3n) is 2.13. The van der Waals surface area contributed by atoms with Crippen molar-refractivity contribution < 1.29 is 19.6 Å². The van der Waals surface area contributed by atoms with Gasteiger partial charge in [-0.2, -0.15) is 0 Å². The number of nitrogens with zero attached hydrogens (tertiary/aromatic N) is 1. The normalized spacial score (nSPS) is 9.81. The number of benzene rings is 1. The lowest BCUT2D eigenvalue weighted by molar-refractivity contribution is -0.385. The standard InChI is InChI=1S/C10H9NO5/c1-6-2-8(11(15)16)3-7(4-10(13)14)9(6)5-12/h2-3,5H,4H2,1H3,(H,13,14). The van der Waals surface area contributed by atoms with Gasteiger partial charge in [-0.3, -0.25) is 19.7 Å². The minimum Gasteiger partial charge on any atom is -0.481 e. The SMILES string of the molecule is Cc1cc([N+](=O)[O-])cc(CC(=O)O)c1C=O. The van der Waals surface area contributed by atoms with Crippen LogP contribution in [0.5, 0.6) is 0 Å². The molecular formula is C10H9NO5. The highest BCUT2D eigenvalue weighted by Crippen LogP contribution is 2.21. The monoisotopic (exact) mass is 223 g/mol. The van der Waals surface area contributed by atoms with Gasteiger partial charge in [0.25, 0.3) is 5.69 Å². The van der Waals surface area contributed by atoms with E-state index in [0.29, 0.717) is 11.8 Å². The van der Waals surface area contributed by atoms with E-state index in [1.54, 1.807) is 0 Å². The second kappa shape index (κ2) is 4.52. The number of nitro benzene ring substituents is 1. The summed E-state index contributed by atoms with van der Waals surface area (Å²) in [6.07, 6.45) is 0.105. The van der Waals surface area contributed by atoms with E-state index in [2.05, 4.69) is 0 Å². The molecule has 1 rings (SSSR count).